The van der Waals surface area contributed by atoms with Gasteiger partial charge in [-0.05, 0) is 37.1 Å². The summed E-state index contributed by atoms with van der Waals surface area (Å²) >= 11 is 0. The smallest absolute Gasteiger partial charge is 0.0376 e. The highest BCUT2D eigenvalue weighted by atomic mass is 15.1. The zero-order valence-corrected chi connectivity index (χ0v) is 11.9. The molecule has 0 amide bonds. The quantitative estimate of drug-likeness (QED) is 0.825. The van der Waals surface area contributed by atoms with Crippen LogP contribution in [0.1, 0.15) is 38.7 Å². The molecule has 0 bridgehead atoms. The lowest BCUT2D eigenvalue weighted by Gasteiger charge is -2.24. The van der Waals surface area contributed by atoms with Gasteiger partial charge in [-0.15, -0.1) is 0 Å². The van der Waals surface area contributed by atoms with E-state index in [0.29, 0.717) is 5.92 Å². The van der Waals surface area contributed by atoms with Crippen LogP contribution in [0.15, 0.2) is 24.3 Å². The van der Waals surface area contributed by atoms with Crippen molar-refractivity contribution in [3.8, 4) is 0 Å². The van der Waals surface area contributed by atoms with E-state index in [1.54, 1.807) is 0 Å². The van der Waals surface area contributed by atoms with E-state index < -0.39 is 0 Å². The van der Waals surface area contributed by atoms with E-state index in [2.05, 4.69) is 55.3 Å². The molecule has 1 unspecified atom stereocenters. The van der Waals surface area contributed by atoms with Crippen molar-refractivity contribution >= 4 is 5.69 Å². The molecular formula is C16H26N2. The van der Waals surface area contributed by atoms with Gasteiger partial charge in [-0.3, -0.25) is 0 Å². The van der Waals surface area contributed by atoms with Crippen LogP contribution in [-0.4, -0.2) is 31.1 Å². The first-order valence-corrected chi connectivity index (χ1v) is 7.25. The molecule has 1 aliphatic heterocycles. The third kappa shape index (κ3) is 3.26. The summed E-state index contributed by atoms with van der Waals surface area (Å²) in [6.07, 6.45) is 1.27. The van der Waals surface area contributed by atoms with Gasteiger partial charge in [0.2, 0.25) is 0 Å². The predicted molar refractivity (Wildman–Crippen MR) is 79.2 cm³/mol. The van der Waals surface area contributed by atoms with E-state index in [-0.39, 0.29) is 0 Å². The Morgan fingerprint density at radius 3 is 2.83 bits per heavy atom. The summed E-state index contributed by atoms with van der Waals surface area (Å²) in [5.74, 6) is 1.46. The zero-order chi connectivity index (χ0) is 13.0. The number of rotatable bonds is 6. The van der Waals surface area contributed by atoms with Gasteiger partial charge >= 0.3 is 0 Å². The number of anilines is 1. The van der Waals surface area contributed by atoms with E-state index in [1.807, 2.05) is 0 Å². The van der Waals surface area contributed by atoms with E-state index in [0.717, 1.165) is 12.5 Å². The zero-order valence-electron chi connectivity index (χ0n) is 11.9. The van der Waals surface area contributed by atoms with Crippen LogP contribution in [0.3, 0.4) is 0 Å². The van der Waals surface area contributed by atoms with Crippen molar-refractivity contribution in [1.29, 1.82) is 0 Å². The van der Waals surface area contributed by atoms with Gasteiger partial charge in [-0.25, -0.2) is 0 Å². The summed E-state index contributed by atoms with van der Waals surface area (Å²) in [6, 6.07) is 8.75. The van der Waals surface area contributed by atoms with Crippen molar-refractivity contribution in [2.75, 3.05) is 31.5 Å². The number of para-hydroxylation sites is 1. The van der Waals surface area contributed by atoms with Gasteiger partial charge < -0.3 is 10.2 Å². The fourth-order valence-corrected chi connectivity index (χ4v) is 2.85. The fourth-order valence-electron chi connectivity index (χ4n) is 2.85. The Kier molecular flexibility index (Phi) is 4.65. The van der Waals surface area contributed by atoms with Crippen molar-refractivity contribution < 1.29 is 0 Å². The van der Waals surface area contributed by atoms with Crippen LogP contribution in [-0.2, 0) is 0 Å². The first-order valence-electron chi connectivity index (χ1n) is 7.25. The topological polar surface area (TPSA) is 15.3 Å². The Morgan fingerprint density at radius 2 is 2.11 bits per heavy atom. The molecule has 0 saturated carbocycles. The Hall–Kier alpha value is -1.02. The molecule has 0 fully saturated rings. The highest BCUT2D eigenvalue weighted by Gasteiger charge is 2.21. The Bertz CT molecular complexity index is 373. The normalized spacial score (nSPS) is 18.2. The molecule has 0 aliphatic carbocycles. The van der Waals surface area contributed by atoms with Gasteiger partial charge in [-0.2, -0.15) is 0 Å². The predicted octanol–water partition coefficient (Wildman–Crippen LogP) is 3.56. The first-order chi connectivity index (χ1) is 8.70. The molecule has 0 spiro atoms. The molecule has 100 valence electrons. The van der Waals surface area contributed by atoms with E-state index in [1.165, 1.54) is 37.3 Å². The van der Waals surface area contributed by atoms with Crippen LogP contribution in [0.5, 0.6) is 0 Å². The standard InChI is InChI=1S/C16H26N2/c1-4-18(12-13(2)3)10-9-14-11-17-16-8-6-5-7-15(14)16/h5-8,13-14,17H,4,9-12H2,1-3H3. The first kappa shape index (κ1) is 13.4. The van der Waals surface area contributed by atoms with Gasteiger partial charge in [0.15, 0.2) is 0 Å². The lowest BCUT2D eigenvalue weighted by Crippen LogP contribution is -2.29. The van der Waals surface area contributed by atoms with Crippen LogP contribution in [0.2, 0.25) is 0 Å². The molecule has 2 heteroatoms. The molecule has 1 aromatic rings. The molecule has 0 aromatic heterocycles. The second-order valence-electron chi connectivity index (χ2n) is 5.74. The van der Waals surface area contributed by atoms with Crippen LogP contribution >= 0.6 is 0 Å². The minimum atomic E-state index is 0.697. The molecule has 1 aromatic carbocycles. The Morgan fingerprint density at radius 1 is 1.33 bits per heavy atom. The number of benzene rings is 1. The average Bonchev–Trinajstić information content (AvgIpc) is 2.77. The van der Waals surface area contributed by atoms with Crippen molar-refractivity contribution in [2.45, 2.75) is 33.1 Å². The summed E-state index contributed by atoms with van der Waals surface area (Å²) in [7, 11) is 0. The highest BCUT2D eigenvalue weighted by molar-refractivity contribution is 5.57. The van der Waals surface area contributed by atoms with E-state index >= 15 is 0 Å². The van der Waals surface area contributed by atoms with Crippen LogP contribution in [0, 0.1) is 5.92 Å². The summed E-state index contributed by atoms with van der Waals surface area (Å²) < 4.78 is 0. The summed E-state index contributed by atoms with van der Waals surface area (Å²) in [6.45, 7) is 11.6. The summed E-state index contributed by atoms with van der Waals surface area (Å²) in [4.78, 5) is 2.58. The Labute approximate surface area is 111 Å². The third-order valence-electron chi connectivity index (χ3n) is 3.80. The maximum atomic E-state index is 3.51. The molecule has 1 N–H and O–H groups in total. The van der Waals surface area contributed by atoms with Crippen LogP contribution in [0.25, 0.3) is 0 Å². The van der Waals surface area contributed by atoms with E-state index in [4.69, 9.17) is 0 Å². The number of hydrogen-bond donors (Lipinski definition) is 1. The molecule has 1 atom stereocenters. The van der Waals surface area contributed by atoms with Gasteiger partial charge in [0.25, 0.3) is 0 Å². The second-order valence-corrected chi connectivity index (χ2v) is 5.74. The Balaban J connectivity index is 1.88. The average molecular weight is 246 g/mol. The largest absolute Gasteiger partial charge is 0.384 e. The lowest BCUT2D eigenvalue weighted by molar-refractivity contribution is 0.248. The monoisotopic (exact) mass is 246 g/mol. The van der Waals surface area contributed by atoms with Gasteiger partial charge in [0.1, 0.15) is 0 Å². The maximum absolute atomic E-state index is 3.51. The number of nitrogens with zero attached hydrogens (tertiary/aromatic N) is 1. The summed E-state index contributed by atoms with van der Waals surface area (Å²) in [5.41, 5.74) is 2.85. The summed E-state index contributed by atoms with van der Waals surface area (Å²) in [5, 5.41) is 3.51. The molecule has 2 nitrogen and oxygen atoms in total. The van der Waals surface area contributed by atoms with Crippen molar-refractivity contribution in [3.05, 3.63) is 29.8 Å². The second kappa shape index (κ2) is 6.24. The molecule has 1 aliphatic rings. The molecule has 0 radical (unpaired) electrons. The number of fused-ring (bicyclic) bond motifs is 1. The third-order valence-corrected chi connectivity index (χ3v) is 3.80. The van der Waals surface area contributed by atoms with Gasteiger partial charge in [0.05, 0.1) is 0 Å². The van der Waals surface area contributed by atoms with Crippen LogP contribution in [0.4, 0.5) is 5.69 Å². The van der Waals surface area contributed by atoms with Crippen molar-refractivity contribution in [2.24, 2.45) is 5.92 Å². The number of hydrogen-bond acceptors (Lipinski definition) is 2. The molecule has 18 heavy (non-hydrogen) atoms. The molecule has 2 rings (SSSR count). The fraction of sp³-hybridized carbons (Fsp3) is 0.625. The molecule has 1 heterocycles. The highest BCUT2D eigenvalue weighted by Crippen LogP contribution is 2.33. The SMILES string of the molecule is CCN(CCC1CNc2ccccc21)CC(C)C. The minimum absolute atomic E-state index is 0.697. The van der Waals surface area contributed by atoms with E-state index in [9.17, 15) is 0 Å². The van der Waals surface area contributed by atoms with Gasteiger partial charge in [0, 0.05) is 24.7 Å². The minimum Gasteiger partial charge on any atom is -0.384 e. The van der Waals surface area contributed by atoms with Crippen molar-refractivity contribution in [1.82, 2.24) is 4.90 Å². The number of nitrogens with one attached hydrogen (secondary N) is 1. The molecular weight excluding hydrogens is 220 g/mol. The maximum Gasteiger partial charge on any atom is 0.0376 e. The van der Waals surface area contributed by atoms with Crippen molar-refractivity contribution in [3.63, 3.8) is 0 Å². The van der Waals surface area contributed by atoms with Crippen LogP contribution < -0.4 is 5.32 Å². The molecule has 0 saturated heterocycles. The van der Waals surface area contributed by atoms with Gasteiger partial charge in [-0.1, -0.05) is 39.0 Å². The lowest BCUT2D eigenvalue weighted by atomic mass is 9.97.